The molecular formula is C16H19NS. The smallest absolute Gasteiger partial charge is 0.0504 e. The molecular weight excluding hydrogens is 238 g/mol. The van der Waals surface area contributed by atoms with Crippen molar-refractivity contribution in [1.82, 2.24) is 0 Å². The molecule has 2 aromatic rings. The van der Waals surface area contributed by atoms with Gasteiger partial charge in [0.25, 0.3) is 0 Å². The molecule has 0 saturated heterocycles. The van der Waals surface area contributed by atoms with E-state index in [1.807, 2.05) is 11.3 Å². The van der Waals surface area contributed by atoms with Crippen LogP contribution in [0.25, 0.3) is 10.4 Å². The predicted octanol–water partition coefficient (Wildman–Crippen LogP) is 4.53. The summed E-state index contributed by atoms with van der Waals surface area (Å²) in [6.07, 6.45) is 6.17. The SMILES string of the molecule is NC1(c2ccc(-c3ccccc3)s2)CCCCC1. The molecule has 1 aliphatic carbocycles. The topological polar surface area (TPSA) is 26.0 Å². The molecule has 3 rings (SSSR count). The van der Waals surface area contributed by atoms with Crippen molar-refractivity contribution in [2.45, 2.75) is 37.6 Å². The van der Waals surface area contributed by atoms with Crippen molar-refractivity contribution < 1.29 is 0 Å². The molecule has 2 N–H and O–H groups in total. The molecule has 1 saturated carbocycles. The third kappa shape index (κ3) is 2.23. The van der Waals surface area contributed by atoms with E-state index in [4.69, 9.17) is 5.73 Å². The standard InChI is InChI=1S/C16H19NS/c17-16(11-5-2-6-12-16)15-10-9-14(18-15)13-7-3-1-4-8-13/h1,3-4,7-10H,2,5-6,11-12,17H2. The Morgan fingerprint density at radius 2 is 1.61 bits per heavy atom. The number of hydrogen-bond acceptors (Lipinski definition) is 2. The van der Waals surface area contributed by atoms with Crippen LogP contribution in [0.5, 0.6) is 0 Å². The Morgan fingerprint density at radius 3 is 2.33 bits per heavy atom. The zero-order valence-electron chi connectivity index (χ0n) is 10.6. The van der Waals surface area contributed by atoms with Crippen LogP contribution >= 0.6 is 11.3 Å². The summed E-state index contributed by atoms with van der Waals surface area (Å²) in [5.74, 6) is 0. The fourth-order valence-corrected chi connectivity index (χ4v) is 3.96. The molecule has 1 aliphatic rings. The lowest BCUT2D eigenvalue weighted by Crippen LogP contribution is -2.37. The Balaban J connectivity index is 1.89. The number of benzene rings is 1. The third-order valence-electron chi connectivity index (χ3n) is 3.90. The van der Waals surface area contributed by atoms with E-state index in [9.17, 15) is 0 Å². The van der Waals surface area contributed by atoms with Gasteiger partial charge >= 0.3 is 0 Å². The number of hydrogen-bond donors (Lipinski definition) is 1. The lowest BCUT2D eigenvalue weighted by molar-refractivity contribution is 0.308. The zero-order valence-corrected chi connectivity index (χ0v) is 11.4. The second kappa shape index (κ2) is 4.87. The van der Waals surface area contributed by atoms with Crippen molar-refractivity contribution >= 4 is 11.3 Å². The van der Waals surface area contributed by atoms with Crippen LogP contribution < -0.4 is 5.73 Å². The molecule has 1 nitrogen and oxygen atoms in total. The quantitative estimate of drug-likeness (QED) is 0.840. The Kier molecular flexibility index (Phi) is 3.23. The van der Waals surface area contributed by atoms with Gasteiger partial charge in [-0.15, -0.1) is 11.3 Å². The molecule has 1 aromatic carbocycles. The molecule has 0 amide bonds. The maximum absolute atomic E-state index is 6.58. The van der Waals surface area contributed by atoms with Gasteiger partial charge in [-0.3, -0.25) is 0 Å². The highest BCUT2D eigenvalue weighted by Crippen LogP contribution is 2.40. The number of rotatable bonds is 2. The molecule has 0 radical (unpaired) electrons. The van der Waals surface area contributed by atoms with E-state index in [2.05, 4.69) is 42.5 Å². The summed E-state index contributed by atoms with van der Waals surface area (Å²) in [4.78, 5) is 2.70. The minimum atomic E-state index is -0.0596. The van der Waals surface area contributed by atoms with E-state index in [1.165, 1.54) is 34.6 Å². The van der Waals surface area contributed by atoms with Crippen molar-refractivity contribution in [1.29, 1.82) is 0 Å². The third-order valence-corrected chi connectivity index (χ3v) is 5.26. The summed E-state index contributed by atoms with van der Waals surface area (Å²) < 4.78 is 0. The fraction of sp³-hybridized carbons (Fsp3) is 0.375. The van der Waals surface area contributed by atoms with Crippen LogP contribution in [0.2, 0.25) is 0 Å². The van der Waals surface area contributed by atoms with Crippen LogP contribution in [0, 0.1) is 0 Å². The lowest BCUT2D eigenvalue weighted by Gasteiger charge is -2.32. The summed E-state index contributed by atoms with van der Waals surface area (Å²) in [5.41, 5.74) is 7.82. The van der Waals surface area contributed by atoms with E-state index in [-0.39, 0.29) is 5.54 Å². The first kappa shape index (κ1) is 11.9. The minimum Gasteiger partial charge on any atom is -0.321 e. The molecule has 0 spiro atoms. The van der Waals surface area contributed by atoms with E-state index in [0.29, 0.717) is 0 Å². The highest BCUT2D eigenvalue weighted by Gasteiger charge is 2.30. The molecule has 1 aromatic heterocycles. The van der Waals surface area contributed by atoms with Crippen LogP contribution in [-0.4, -0.2) is 0 Å². The molecule has 0 aliphatic heterocycles. The molecule has 0 bridgehead atoms. The molecule has 0 unspecified atom stereocenters. The van der Waals surface area contributed by atoms with Gasteiger partial charge in [-0.25, -0.2) is 0 Å². The van der Waals surface area contributed by atoms with Crippen LogP contribution in [0.4, 0.5) is 0 Å². The van der Waals surface area contributed by atoms with Gasteiger partial charge in [-0.2, -0.15) is 0 Å². The van der Waals surface area contributed by atoms with E-state index < -0.39 is 0 Å². The van der Waals surface area contributed by atoms with Crippen LogP contribution in [0.1, 0.15) is 37.0 Å². The van der Waals surface area contributed by atoms with Crippen molar-refractivity contribution in [3.8, 4) is 10.4 Å². The minimum absolute atomic E-state index is 0.0596. The van der Waals surface area contributed by atoms with Gasteiger partial charge in [0.15, 0.2) is 0 Å². The second-order valence-electron chi connectivity index (χ2n) is 5.25. The Labute approximate surface area is 113 Å². The largest absolute Gasteiger partial charge is 0.321 e. The van der Waals surface area contributed by atoms with Crippen molar-refractivity contribution in [2.75, 3.05) is 0 Å². The van der Waals surface area contributed by atoms with Gasteiger partial charge in [-0.1, -0.05) is 49.6 Å². The number of thiophene rings is 1. The Hall–Kier alpha value is -1.12. The predicted molar refractivity (Wildman–Crippen MR) is 78.7 cm³/mol. The van der Waals surface area contributed by atoms with Gasteiger partial charge in [0.1, 0.15) is 0 Å². The van der Waals surface area contributed by atoms with Crippen molar-refractivity contribution in [3.63, 3.8) is 0 Å². The van der Waals surface area contributed by atoms with Gasteiger partial charge in [-0.05, 0) is 30.5 Å². The van der Waals surface area contributed by atoms with Gasteiger partial charge in [0, 0.05) is 9.75 Å². The first-order valence-electron chi connectivity index (χ1n) is 6.73. The first-order chi connectivity index (χ1) is 8.78. The van der Waals surface area contributed by atoms with Gasteiger partial charge < -0.3 is 5.73 Å². The van der Waals surface area contributed by atoms with E-state index in [0.717, 1.165) is 12.8 Å². The summed E-state index contributed by atoms with van der Waals surface area (Å²) in [7, 11) is 0. The highest BCUT2D eigenvalue weighted by molar-refractivity contribution is 7.15. The Bertz CT molecular complexity index is 509. The maximum Gasteiger partial charge on any atom is 0.0504 e. The van der Waals surface area contributed by atoms with E-state index in [1.54, 1.807) is 0 Å². The molecule has 94 valence electrons. The maximum atomic E-state index is 6.58. The monoisotopic (exact) mass is 257 g/mol. The molecule has 0 atom stereocenters. The average molecular weight is 257 g/mol. The first-order valence-corrected chi connectivity index (χ1v) is 7.54. The van der Waals surface area contributed by atoms with Crippen molar-refractivity contribution in [3.05, 3.63) is 47.3 Å². The van der Waals surface area contributed by atoms with Gasteiger partial charge in [0.05, 0.1) is 5.54 Å². The summed E-state index contributed by atoms with van der Waals surface area (Å²) in [5, 5.41) is 0. The highest BCUT2D eigenvalue weighted by atomic mass is 32.1. The lowest BCUT2D eigenvalue weighted by atomic mass is 9.81. The van der Waals surface area contributed by atoms with Crippen LogP contribution in [0.3, 0.4) is 0 Å². The normalized spacial score (nSPS) is 18.7. The van der Waals surface area contributed by atoms with Crippen LogP contribution in [0.15, 0.2) is 42.5 Å². The number of nitrogens with two attached hydrogens (primary N) is 1. The molecule has 1 fully saturated rings. The van der Waals surface area contributed by atoms with Gasteiger partial charge in [0.2, 0.25) is 0 Å². The van der Waals surface area contributed by atoms with Crippen LogP contribution in [-0.2, 0) is 5.54 Å². The molecule has 1 heterocycles. The van der Waals surface area contributed by atoms with Crippen molar-refractivity contribution in [2.24, 2.45) is 5.73 Å². The zero-order chi connectivity index (χ0) is 12.4. The average Bonchev–Trinajstić information content (AvgIpc) is 2.91. The summed E-state index contributed by atoms with van der Waals surface area (Å²) in [6.45, 7) is 0. The second-order valence-corrected chi connectivity index (χ2v) is 6.33. The molecule has 18 heavy (non-hydrogen) atoms. The Morgan fingerprint density at radius 1 is 0.889 bits per heavy atom. The fourth-order valence-electron chi connectivity index (χ4n) is 2.79. The summed E-state index contributed by atoms with van der Waals surface area (Å²) in [6, 6.07) is 15.0. The molecule has 2 heteroatoms. The summed E-state index contributed by atoms with van der Waals surface area (Å²) >= 11 is 1.87. The van der Waals surface area contributed by atoms with E-state index >= 15 is 0 Å².